The number of carbonyl (C=O) groups excluding carboxylic acids is 1. The first-order chi connectivity index (χ1) is 8.06. The molecule has 0 aliphatic rings. The maximum atomic E-state index is 11.4. The zero-order valence-corrected chi connectivity index (χ0v) is 11.1. The lowest BCUT2D eigenvalue weighted by atomic mass is 10.1. The topological polar surface area (TPSA) is 49.3 Å². The van der Waals surface area contributed by atoms with Crippen molar-refractivity contribution in [2.24, 2.45) is 5.92 Å². The molecule has 1 amide bonds. The highest BCUT2D eigenvalue weighted by Crippen LogP contribution is 2.03. The van der Waals surface area contributed by atoms with E-state index in [1.54, 1.807) is 0 Å². The SMILES string of the molecule is C/C=C/C=C/CCC(O)CC(=O)NCC(C)C. The van der Waals surface area contributed by atoms with Gasteiger partial charge in [0.05, 0.1) is 12.5 Å². The Morgan fingerprint density at radius 1 is 1.35 bits per heavy atom. The van der Waals surface area contributed by atoms with Gasteiger partial charge < -0.3 is 10.4 Å². The normalized spacial score (nSPS) is 13.7. The summed E-state index contributed by atoms with van der Waals surface area (Å²) in [5.74, 6) is 0.378. The quantitative estimate of drug-likeness (QED) is 0.639. The van der Waals surface area contributed by atoms with Crippen LogP contribution in [0, 0.1) is 5.92 Å². The molecule has 0 fully saturated rings. The number of nitrogens with one attached hydrogen (secondary N) is 1. The van der Waals surface area contributed by atoms with Gasteiger partial charge in [0.2, 0.25) is 5.91 Å². The second-order valence-electron chi connectivity index (χ2n) is 4.59. The maximum Gasteiger partial charge on any atom is 0.222 e. The second kappa shape index (κ2) is 10.1. The van der Waals surface area contributed by atoms with E-state index in [-0.39, 0.29) is 12.3 Å². The summed E-state index contributed by atoms with van der Waals surface area (Å²) < 4.78 is 0. The first-order valence-electron chi connectivity index (χ1n) is 6.28. The third-order valence-electron chi connectivity index (χ3n) is 2.23. The summed E-state index contributed by atoms with van der Waals surface area (Å²) in [6, 6.07) is 0. The molecule has 1 atom stereocenters. The van der Waals surface area contributed by atoms with Gasteiger partial charge in [0.15, 0.2) is 0 Å². The number of hydrogen-bond acceptors (Lipinski definition) is 2. The van der Waals surface area contributed by atoms with E-state index in [9.17, 15) is 9.90 Å². The summed E-state index contributed by atoms with van der Waals surface area (Å²) in [4.78, 5) is 11.4. The van der Waals surface area contributed by atoms with Crippen LogP contribution in [-0.2, 0) is 4.79 Å². The highest BCUT2D eigenvalue weighted by molar-refractivity contribution is 5.76. The lowest BCUT2D eigenvalue weighted by Crippen LogP contribution is -2.30. The van der Waals surface area contributed by atoms with E-state index in [2.05, 4.69) is 5.32 Å². The van der Waals surface area contributed by atoms with Crippen LogP contribution < -0.4 is 5.32 Å². The number of aliphatic hydroxyl groups is 1. The minimum absolute atomic E-state index is 0.0661. The maximum absolute atomic E-state index is 11.4. The van der Waals surface area contributed by atoms with Crippen LogP contribution >= 0.6 is 0 Å². The fourth-order valence-electron chi connectivity index (χ4n) is 1.28. The predicted molar refractivity (Wildman–Crippen MR) is 71.7 cm³/mol. The summed E-state index contributed by atoms with van der Waals surface area (Å²) in [5, 5.41) is 12.4. The summed E-state index contributed by atoms with van der Waals surface area (Å²) in [5.41, 5.74) is 0. The standard InChI is InChI=1S/C14H25NO2/c1-4-5-6-7-8-9-13(16)10-14(17)15-11-12(2)3/h4-7,12-13,16H,8-11H2,1-3H3,(H,15,17)/b5-4+,7-6+. The number of amides is 1. The van der Waals surface area contributed by atoms with E-state index >= 15 is 0 Å². The van der Waals surface area contributed by atoms with Crippen molar-refractivity contribution >= 4 is 5.91 Å². The van der Waals surface area contributed by atoms with Gasteiger partial charge in [-0.05, 0) is 25.7 Å². The summed E-state index contributed by atoms with van der Waals surface area (Å²) in [6.07, 6.45) is 8.92. The van der Waals surface area contributed by atoms with Crippen molar-refractivity contribution in [2.45, 2.75) is 46.1 Å². The Hall–Kier alpha value is -1.09. The molecule has 0 aromatic carbocycles. The molecule has 1 unspecified atom stereocenters. The Balaban J connectivity index is 3.63. The first kappa shape index (κ1) is 15.9. The highest BCUT2D eigenvalue weighted by Gasteiger charge is 2.09. The minimum Gasteiger partial charge on any atom is -0.393 e. The van der Waals surface area contributed by atoms with Crippen molar-refractivity contribution in [3.05, 3.63) is 24.3 Å². The lowest BCUT2D eigenvalue weighted by molar-refractivity contribution is -0.123. The van der Waals surface area contributed by atoms with Crippen molar-refractivity contribution in [3.8, 4) is 0 Å². The second-order valence-corrected chi connectivity index (χ2v) is 4.59. The predicted octanol–water partition coefficient (Wildman–Crippen LogP) is 2.42. The molecule has 0 rings (SSSR count). The fraction of sp³-hybridized carbons (Fsp3) is 0.643. The molecule has 0 aliphatic carbocycles. The van der Waals surface area contributed by atoms with Crippen LogP contribution in [0.1, 0.15) is 40.0 Å². The lowest BCUT2D eigenvalue weighted by Gasteiger charge is -2.11. The fourth-order valence-corrected chi connectivity index (χ4v) is 1.28. The van der Waals surface area contributed by atoms with E-state index in [0.29, 0.717) is 18.9 Å². The van der Waals surface area contributed by atoms with Gasteiger partial charge in [-0.25, -0.2) is 0 Å². The van der Waals surface area contributed by atoms with Crippen LogP contribution in [-0.4, -0.2) is 23.7 Å². The largest absolute Gasteiger partial charge is 0.393 e. The molecule has 0 aliphatic heterocycles. The monoisotopic (exact) mass is 239 g/mol. The van der Waals surface area contributed by atoms with Crippen LogP contribution in [0.25, 0.3) is 0 Å². The van der Waals surface area contributed by atoms with Gasteiger partial charge in [-0.3, -0.25) is 4.79 Å². The third kappa shape index (κ3) is 11.2. The van der Waals surface area contributed by atoms with Crippen molar-refractivity contribution in [1.82, 2.24) is 5.32 Å². The van der Waals surface area contributed by atoms with E-state index in [1.807, 2.05) is 45.1 Å². The van der Waals surface area contributed by atoms with Gasteiger partial charge in [-0.1, -0.05) is 38.2 Å². The minimum atomic E-state index is -0.544. The Bertz CT molecular complexity index is 257. The zero-order chi connectivity index (χ0) is 13.1. The number of carbonyl (C=O) groups is 1. The van der Waals surface area contributed by atoms with E-state index in [1.165, 1.54) is 0 Å². The molecular weight excluding hydrogens is 214 g/mol. The molecule has 0 spiro atoms. The van der Waals surface area contributed by atoms with Gasteiger partial charge in [0, 0.05) is 6.54 Å². The van der Waals surface area contributed by atoms with Crippen molar-refractivity contribution in [1.29, 1.82) is 0 Å². The number of allylic oxidation sites excluding steroid dienone is 4. The van der Waals surface area contributed by atoms with E-state index in [4.69, 9.17) is 0 Å². The van der Waals surface area contributed by atoms with Gasteiger partial charge in [0.1, 0.15) is 0 Å². The number of rotatable bonds is 8. The van der Waals surface area contributed by atoms with Crippen molar-refractivity contribution < 1.29 is 9.90 Å². The van der Waals surface area contributed by atoms with Gasteiger partial charge >= 0.3 is 0 Å². The van der Waals surface area contributed by atoms with Crippen molar-refractivity contribution in [2.75, 3.05) is 6.54 Å². The van der Waals surface area contributed by atoms with Crippen LogP contribution in [0.5, 0.6) is 0 Å². The molecule has 0 radical (unpaired) electrons. The van der Waals surface area contributed by atoms with E-state index in [0.717, 1.165) is 6.42 Å². The zero-order valence-electron chi connectivity index (χ0n) is 11.1. The smallest absolute Gasteiger partial charge is 0.222 e. The Labute approximate surface area is 105 Å². The summed E-state index contributed by atoms with van der Waals surface area (Å²) in [6.45, 7) is 6.72. The molecule has 3 nitrogen and oxygen atoms in total. The highest BCUT2D eigenvalue weighted by atomic mass is 16.3. The molecule has 17 heavy (non-hydrogen) atoms. The number of aliphatic hydroxyl groups excluding tert-OH is 1. The molecule has 0 heterocycles. The molecule has 0 aromatic heterocycles. The molecule has 0 saturated carbocycles. The average molecular weight is 239 g/mol. The van der Waals surface area contributed by atoms with Crippen LogP contribution in [0.4, 0.5) is 0 Å². The van der Waals surface area contributed by atoms with Crippen LogP contribution in [0.3, 0.4) is 0 Å². The summed E-state index contributed by atoms with van der Waals surface area (Å²) in [7, 11) is 0. The van der Waals surface area contributed by atoms with Crippen LogP contribution in [0.2, 0.25) is 0 Å². The number of hydrogen-bond donors (Lipinski definition) is 2. The Morgan fingerprint density at radius 2 is 2.06 bits per heavy atom. The van der Waals surface area contributed by atoms with Gasteiger partial charge in [-0.15, -0.1) is 0 Å². The Kier molecular flexibility index (Phi) is 9.44. The Morgan fingerprint density at radius 3 is 2.65 bits per heavy atom. The average Bonchev–Trinajstić information content (AvgIpc) is 2.26. The van der Waals surface area contributed by atoms with E-state index < -0.39 is 6.10 Å². The summed E-state index contributed by atoms with van der Waals surface area (Å²) >= 11 is 0. The van der Waals surface area contributed by atoms with Crippen LogP contribution in [0.15, 0.2) is 24.3 Å². The molecule has 3 heteroatoms. The molecule has 0 saturated heterocycles. The van der Waals surface area contributed by atoms with Gasteiger partial charge in [0.25, 0.3) is 0 Å². The first-order valence-corrected chi connectivity index (χ1v) is 6.28. The third-order valence-corrected chi connectivity index (χ3v) is 2.23. The molecule has 0 aromatic rings. The molecule has 0 bridgehead atoms. The molecular formula is C14H25NO2. The van der Waals surface area contributed by atoms with Gasteiger partial charge in [-0.2, -0.15) is 0 Å². The molecule has 2 N–H and O–H groups in total. The molecule has 98 valence electrons. The van der Waals surface area contributed by atoms with Crippen molar-refractivity contribution in [3.63, 3.8) is 0 Å².